The van der Waals surface area contributed by atoms with Gasteiger partial charge in [-0.15, -0.1) is 0 Å². The van der Waals surface area contributed by atoms with Gasteiger partial charge in [0.1, 0.15) is 0 Å². The highest BCUT2D eigenvalue weighted by Gasteiger charge is 2.47. The van der Waals surface area contributed by atoms with E-state index in [1.165, 1.54) is 25.7 Å². The minimum atomic E-state index is 0.0366. The van der Waals surface area contributed by atoms with Gasteiger partial charge in [-0.3, -0.25) is 19.6 Å². The lowest BCUT2D eigenvalue weighted by atomic mass is 9.72. The molecule has 0 unspecified atom stereocenters. The Kier molecular flexibility index (Phi) is 5.48. The number of nitrogens with zero attached hydrogens (tertiary/aromatic N) is 3. The molecule has 1 aromatic heterocycles. The summed E-state index contributed by atoms with van der Waals surface area (Å²) in [5.74, 6) is 1.33. The number of rotatable bonds is 5. The van der Waals surface area contributed by atoms with Crippen LogP contribution in [0.2, 0.25) is 0 Å². The highest BCUT2D eigenvalue weighted by Crippen LogP contribution is 2.41. The molecule has 1 aromatic rings. The Balaban J connectivity index is 1.44. The van der Waals surface area contributed by atoms with Gasteiger partial charge in [0, 0.05) is 51.3 Å². The summed E-state index contributed by atoms with van der Waals surface area (Å²) in [7, 11) is 0. The van der Waals surface area contributed by atoms with Crippen LogP contribution >= 0.6 is 0 Å². The molecule has 4 atom stereocenters. The van der Waals surface area contributed by atoms with E-state index in [-0.39, 0.29) is 11.8 Å². The van der Waals surface area contributed by atoms with Crippen LogP contribution < -0.4 is 5.32 Å². The molecule has 0 saturated carbocycles. The van der Waals surface area contributed by atoms with E-state index in [4.69, 9.17) is 0 Å². The van der Waals surface area contributed by atoms with Crippen LogP contribution in [0.15, 0.2) is 12.4 Å². The van der Waals surface area contributed by atoms with E-state index < -0.39 is 0 Å². The molecule has 0 spiro atoms. The molecule has 148 valence electrons. The molecule has 7 nitrogen and oxygen atoms in total. The number of carbonyl (C=O) groups is 2. The molecule has 3 aliphatic rings. The minimum absolute atomic E-state index is 0.0366. The van der Waals surface area contributed by atoms with Crippen molar-refractivity contribution >= 4 is 11.8 Å². The summed E-state index contributed by atoms with van der Waals surface area (Å²) in [5, 5.41) is 9.81. The van der Waals surface area contributed by atoms with Crippen LogP contribution in [0, 0.1) is 11.8 Å². The maximum atomic E-state index is 12.9. The third kappa shape index (κ3) is 4.03. The summed E-state index contributed by atoms with van der Waals surface area (Å²) in [6.45, 7) is 5.16. The quantitative estimate of drug-likeness (QED) is 0.812. The summed E-state index contributed by atoms with van der Waals surface area (Å²) in [5.41, 5.74) is 1.09. The Labute approximate surface area is 160 Å². The highest BCUT2D eigenvalue weighted by molar-refractivity contribution is 5.76. The number of carbonyl (C=O) groups excluding carboxylic acids is 2. The molecule has 3 saturated heterocycles. The molecule has 2 bridgehead atoms. The number of aromatic amines is 1. The van der Waals surface area contributed by atoms with Crippen molar-refractivity contribution in [3.63, 3.8) is 0 Å². The number of fused-ring (bicyclic) bond motifs is 4. The Morgan fingerprint density at radius 2 is 2.15 bits per heavy atom. The summed E-state index contributed by atoms with van der Waals surface area (Å²) >= 11 is 0. The molecule has 4 rings (SSSR count). The van der Waals surface area contributed by atoms with Gasteiger partial charge in [-0.05, 0) is 49.6 Å². The van der Waals surface area contributed by atoms with Crippen molar-refractivity contribution in [3.05, 3.63) is 18.0 Å². The lowest BCUT2D eigenvalue weighted by Crippen LogP contribution is -2.66. The van der Waals surface area contributed by atoms with Crippen LogP contribution in [-0.2, 0) is 16.0 Å². The van der Waals surface area contributed by atoms with Gasteiger partial charge in [0.15, 0.2) is 0 Å². The second-order valence-corrected chi connectivity index (χ2v) is 8.47. The summed E-state index contributed by atoms with van der Waals surface area (Å²) in [6, 6.07) is 0.929. The van der Waals surface area contributed by atoms with Crippen molar-refractivity contribution in [1.82, 2.24) is 25.3 Å². The van der Waals surface area contributed by atoms with E-state index in [2.05, 4.69) is 25.3 Å². The highest BCUT2D eigenvalue weighted by atomic mass is 16.2. The van der Waals surface area contributed by atoms with Crippen LogP contribution in [0.4, 0.5) is 0 Å². The molecule has 0 aliphatic carbocycles. The first-order valence-corrected chi connectivity index (χ1v) is 10.4. The van der Waals surface area contributed by atoms with Crippen LogP contribution in [0.25, 0.3) is 0 Å². The Hall–Kier alpha value is -1.89. The molecule has 3 aliphatic heterocycles. The van der Waals surface area contributed by atoms with Crippen LogP contribution in [-0.4, -0.2) is 70.1 Å². The summed E-state index contributed by atoms with van der Waals surface area (Å²) in [6.07, 6.45) is 9.89. The number of nitrogens with one attached hydrogen (secondary N) is 2. The number of aromatic nitrogens is 2. The number of piperidine rings is 3. The topological polar surface area (TPSA) is 81.3 Å². The molecule has 3 fully saturated rings. The van der Waals surface area contributed by atoms with Gasteiger partial charge in [-0.1, -0.05) is 6.42 Å². The third-order valence-corrected chi connectivity index (χ3v) is 6.72. The van der Waals surface area contributed by atoms with Crippen molar-refractivity contribution in [2.24, 2.45) is 11.8 Å². The second-order valence-electron chi connectivity index (χ2n) is 8.47. The number of aryl methyl sites for hydroxylation is 1. The SMILES string of the molecule is CC(=O)NC[C@H]1[C@H]2C[C@H](CN(C(=O)CCc3cn[nH]c3)C2)[C@@H]2CCCCN21. The van der Waals surface area contributed by atoms with Gasteiger partial charge >= 0.3 is 0 Å². The van der Waals surface area contributed by atoms with Crippen LogP contribution in [0.3, 0.4) is 0 Å². The smallest absolute Gasteiger partial charge is 0.222 e. The van der Waals surface area contributed by atoms with Gasteiger partial charge in [-0.25, -0.2) is 0 Å². The van der Waals surface area contributed by atoms with E-state index in [9.17, 15) is 9.59 Å². The zero-order valence-electron chi connectivity index (χ0n) is 16.2. The van der Waals surface area contributed by atoms with Crippen molar-refractivity contribution in [3.8, 4) is 0 Å². The predicted octanol–water partition coefficient (Wildman–Crippen LogP) is 1.18. The predicted molar refractivity (Wildman–Crippen MR) is 102 cm³/mol. The molecular weight excluding hydrogens is 342 g/mol. The molecule has 2 amide bonds. The lowest BCUT2D eigenvalue weighted by Gasteiger charge is -2.56. The molecule has 0 aromatic carbocycles. The Morgan fingerprint density at radius 3 is 2.93 bits per heavy atom. The van der Waals surface area contributed by atoms with E-state index in [1.54, 1.807) is 13.1 Å². The standard InChI is InChI=1S/C20H31N5O2/c1-14(26)21-11-19-17-8-16(18-4-2-3-7-25(18)19)12-24(13-17)20(27)6-5-15-9-22-23-10-15/h9-10,16-19H,2-8,11-13H2,1H3,(H,21,26)(H,22,23)/t16-,17+,18+,19+/m1/s1. The fraction of sp³-hybridized carbons (Fsp3) is 0.750. The fourth-order valence-corrected chi connectivity index (χ4v) is 5.46. The Morgan fingerprint density at radius 1 is 1.30 bits per heavy atom. The molecule has 4 heterocycles. The number of hydrogen-bond acceptors (Lipinski definition) is 4. The van der Waals surface area contributed by atoms with E-state index in [0.717, 1.165) is 31.6 Å². The van der Waals surface area contributed by atoms with Gasteiger partial charge < -0.3 is 10.2 Å². The molecule has 2 N–H and O–H groups in total. The van der Waals surface area contributed by atoms with Crippen molar-refractivity contribution in [2.75, 3.05) is 26.2 Å². The first-order valence-electron chi connectivity index (χ1n) is 10.4. The van der Waals surface area contributed by atoms with Crippen molar-refractivity contribution in [1.29, 1.82) is 0 Å². The monoisotopic (exact) mass is 373 g/mol. The summed E-state index contributed by atoms with van der Waals surface area (Å²) in [4.78, 5) is 29.1. The first-order chi connectivity index (χ1) is 13.1. The number of hydrogen-bond donors (Lipinski definition) is 2. The minimum Gasteiger partial charge on any atom is -0.355 e. The summed E-state index contributed by atoms with van der Waals surface area (Å²) < 4.78 is 0. The maximum Gasteiger partial charge on any atom is 0.222 e. The van der Waals surface area contributed by atoms with Crippen molar-refractivity contribution in [2.45, 2.75) is 57.5 Å². The zero-order valence-corrected chi connectivity index (χ0v) is 16.2. The average molecular weight is 374 g/mol. The normalized spacial score (nSPS) is 30.6. The third-order valence-electron chi connectivity index (χ3n) is 6.72. The second kappa shape index (κ2) is 8.00. The molecule has 7 heteroatoms. The Bertz CT molecular complexity index is 661. The number of likely N-dealkylation sites (tertiary alicyclic amines) is 1. The number of amides is 2. The lowest BCUT2D eigenvalue weighted by molar-refractivity contribution is -0.141. The van der Waals surface area contributed by atoms with E-state index >= 15 is 0 Å². The molecular formula is C20H31N5O2. The van der Waals surface area contributed by atoms with Gasteiger partial charge in [0.25, 0.3) is 0 Å². The first kappa shape index (κ1) is 18.5. The van der Waals surface area contributed by atoms with E-state index in [0.29, 0.717) is 36.9 Å². The maximum absolute atomic E-state index is 12.9. The largest absolute Gasteiger partial charge is 0.355 e. The number of H-pyrrole nitrogens is 1. The van der Waals surface area contributed by atoms with E-state index in [1.807, 2.05) is 6.20 Å². The van der Waals surface area contributed by atoms with Crippen LogP contribution in [0.1, 0.15) is 44.6 Å². The van der Waals surface area contributed by atoms with Gasteiger partial charge in [-0.2, -0.15) is 5.10 Å². The van der Waals surface area contributed by atoms with Gasteiger partial charge in [0.2, 0.25) is 11.8 Å². The van der Waals surface area contributed by atoms with Crippen molar-refractivity contribution < 1.29 is 9.59 Å². The fourth-order valence-electron chi connectivity index (χ4n) is 5.46. The molecule has 27 heavy (non-hydrogen) atoms. The van der Waals surface area contributed by atoms with Crippen LogP contribution in [0.5, 0.6) is 0 Å². The zero-order chi connectivity index (χ0) is 18.8. The van der Waals surface area contributed by atoms with Gasteiger partial charge in [0.05, 0.1) is 6.20 Å². The molecule has 0 radical (unpaired) electrons. The average Bonchev–Trinajstić information content (AvgIpc) is 3.19.